The summed E-state index contributed by atoms with van der Waals surface area (Å²) in [6, 6.07) is 20.1. The molecule has 5 heterocycles. The lowest BCUT2D eigenvalue weighted by molar-refractivity contribution is 0.103. The summed E-state index contributed by atoms with van der Waals surface area (Å²) in [6.07, 6.45) is 5.63. The standard InChI is InChI=1S/C28H20FN7OS/c29-19-7-4-17(5-8-19)18-6-9-20-22(14-35(24(20)13-18)15-26-31-33-34-32-26)27(37)21-10-12-36-25(21)16-38-28(36)23-3-1-2-11-30-23/h1-14,28H,15-16H2,(H,31,32,33,34). The fourth-order valence-corrected chi connectivity index (χ4v) is 6.31. The minimum atomic E-state index is -0.285. The predicted octanol–water partition coefficient (Wildman–Crippen LogP) is 5.23. The van der Waals surface area contributed by atoms with Gasteiger partial charge in [0.05, 0.1) is 12.2 Å². The van der Waals surface area contributed by atoms with Crippen LogP contribution in [0.3, 0.4) is 0 Å². The molecule has 0 radical (unpaired) electrons. The number of hydrogen-bond acceptors (Lipinski definition) is 6. The molecule has 10 heteroatoms. The van der Waals surface area contributed by atoms with Gasteiger partial charge in [0.1, 0.15) is 11.2 Å². The lowest BCUT2D eigenvalue weighted by atomic mass is 10.00. The number of benzene rings is 2. The summed E-state index contributed by atoms with van der Waals surface area (Å²) in [5.74, 6) is 0.914. The third-order valence-corrected chi connectivity index (χ3v) is 8.07. The zero-order chi connectivity index (χ0) is 25.6. The van der Waals surface area contributed by atoms with Gasteiger partial charge in [0.2, 0.25) is 0 Å². The molecular weight excluding hydrogens is 501 g/mol. The molecule has 6 aromatic rings. The van der Waals surface area contributed by atoms with Crippen LogP contribution in [0.1, 0.15) is 38.5 Å². The minimum Gasteiger partial charge on any atom is -0.339 e. The Hall–Kier alpha value is -4.57. The number of pyridine rings is 1. The smallest absolute Gasteiger partial charge is 0.197 e. The van der Waals surface area contributed by atoms with E-state index in [1.165, 1.54) is 12.1 Å². The van der Waals surface area contributed by atoms with Crippen molar-refractivity contribution in [3.63, 3.8) is 0 Å². The molecule has 1 N–H and O–H groups in total. The van der Waals surface area contributed by atoms with Gasteiger partial charge in [-0.05, 0) is 47.5 Å². The van der Waals surface area contributed by atoms with E-state index in [9.17, 15) is 9.18 Å². The van der Waals surface area contributed by atoms with E-state index >= 15 is 0 Å². The van der Waals surface area contributed by atoms with Crippen LogP contribution in [0.4, 0.5) is 4.39 Å². The maximum atomic E-state index is 14.0. The van der Waals surface area contributed by atoms with Crippen LogP contribution in [-0.2, 0) is 12.3 Å². The molecule has 8 nitrogen and oxygen atoms in total. The number of H-pyrrole nitrogens is 1. The Bertz CT molecular complexity index is 1780. The number of thioether (sulfide) groups is 1. The Kier molecular flexibility index (Phi) is 5.40. The number of tetrazole rings is 1. The number of hydrogen-bond donors (Lipinski definition) is 1. The third kappa shape index (κ3) is 3.81. The van der Waals surface area contributed by atoms with Gasteiger partial charge in [-0.1, -0.05) is 35.5 Å². The summed E-state index contributed by atoms with van der Waals surface area (Å²) >= 11 is 1.76. The fraction of sp³-hybridized carbons (Fsp3) is 0.107. The average molecular weight is 522 g/mol. The highest BCUT2D eigenvalue weighted by Gasteiger charge is 2.30. The molecule has 1 atom stereocenters. The van der Waals surface area contributed by atoms with Crippen molar-refractivity contribution < 1.29 is 9.18 Å². The van der Waals surface area contributed by atoms with Crippen molar-refractivity contribution in [1.29, 1.82) is 0 Å². The summed E-state index contributed by atoms with van der Waals surface area (Å²) in [5.41, 5.74) is 5.93. The molecule has 0 spiro atoms. The van der Waals surface area contributed by atoms with Crippen molar-refractivity contribution in [2.75, 3.05) is 0 Å². The second-order valence-electron chi connectivity index (χ2n) is 9.07. The zero-order valence-corrected chi connectivity index (χ0v) is 20.8. The molecule has 0 saturated heterocycles. The number of aromatic nitrogens is 7. The first-order valence-electron chi connectivity index (χ1n) is 12.0. The normalized spacial score (nSPS) is 14.7. The largest absolute Gasteiger partial charge is 0.339 e. The molecule has 186 valence electrons. The molecule has 1 unspecified atom stereocenters. The van der Waals surface area contributed by atoms with Crippen molar-refractivity contribution >= 4 is 28.4 Å². The number of halogens is 1. The maximum Gasteiger partial charge on any atom is 0.197 e. The minimum absolute atomic E-state index is 0.0348. The number of carbonyl (C=O) groups is 1. The average Bonchev–Trinajstić information content (AvgIpc) is 3.74. The van der Waals surface area contributed by atoms with Crippen LogP contribution < -0.4 is 0 Å². The van der Waals surface area contributed by atoms with Crippen LogP contribution in [0.2, 0.25) is 0 Å². The highest BCUT2D eigenvalue weighted by Crippen LogP contribution is 2.42. The van der Waals surface area contributed by atoms with Crippen LogP contribution in [0.25, 0.3) is 22.0 Å². The number of aromatic amines is 1. The summed E-state index contributed by atoms with van der Waals surface area (Å²) in [7, 11) is 0. The Morgan fingerprint density at radius 2 is 1.92 bits per heavy atom. The van der Waals surface area contributed by atoms with Gasteiger partial charge in [-0.3, -0.25) is 9.78 Å². The second kappa shape index (κ2) is 9.07. The van der Waals surface area contributed by atoms with Gasteiger partial charge in [0.15, 0.2) is 11.6 Å². The number of nitrogens with zero attached hydrogens (tertiary/aromatic N) is 6. The molecular formula is C28H20FN7OS. The van der Waals surface area contributed by atoms with Crippen LogP contribution >= 0.6 is 11.8 Å². The predicted molar refractivity (Wildman–Crippen MR) is 142 cm³/mol. The highest BCUT2D eigenvalue weighted by atomic mass is 32.2. The van der Waals surface area contributed by atoms with Gasteiger partial charge < -0.3 is 9.13 Å². The first kappa shape index (κ1) is 22.6. The van der Waals surface area contributed by atoms with Crippen LogP contribution in [0, 0.1) is 5.82 Å². The molecule has 0 bridgehead atoms. The molecule has 2 aromatic carbocycles. The summed E-state index contributed by atoms with van der Waals surface area (Å²) in [5, 5.41) is 15.2. The van der Waals surface area contributed by atoms with Gasteiger partial charge in [0, 0.05) is 52.1 Å². The molecule has 1 aliphatic rings. The lowest BCUT2D eigenvalue weighted by Gasteiger charge is -2.11. The van der Waals surface area contributed by atoms with E-state index in [1.807, 2.05) is 59.4 Å². The van der Waals surface area contributed by atoms with Crippen molar-refractivity contribution in [3.05, 3.63) is 119 Å². The van der Waals surface area contributed by atoms with E-state index < -0.39 is 0 Å². The zero-order valence-electron chi connectivity index (χ0n) is 20.0. The van der Waals surface area contributed by atoms with Crippen LogP contribution in [0.5, 0.6) is 0 Å². The molecule has 0 amide bonds. The monoisotopic (exact) mass is 521 g/mol. The van der Waals surface area contributed by atoms with E-state index in [2.05, 4.69) is 30.2 Å². The van der Waals surface area contributed by atoms with Gasteiger partial charge in [-0.25, -0.2) is 4.39 Å². The van der Waals surface area contributed by atoms with Crippen molar-refractivity contribution in [3.8, 4) is 11.1 Å². The highest BCUT2D eigenvalue weighted by molar-refractivity contribution is 7.99. The first-order chi connectivity index (χ1) is 18.7. The number of carbonyl (C=O) groups excluding carboxylic acids is 1. The molecule has 0 aliphatic carbocycles. The Balaban J connectivity index is 1.31. The number of rotatable bonds is 6. The molecule has 1 aliphatic heterocycles. The molecule has 7 rings (SSSR count). The second-order valence-corrected chi connectivity index (χ2v) is 10.1. The quantitative estimate of drug-likeness (QED) is 0.302. The summed E-state index contributed by atoms with van der Waals surface area (Å²) in [6.45, 7) is 0.346. The molecule has 38 heavy (non-hydrogen) atoms. The fourth-order valence-electron chi connectivity index (χ4n) is 5.02. The van der Waals surface area contributed by atoms with Gasteiger partial charge in [0.25, 0.3) is 0 Å². The van der Waals surface area contributed by atoms with Crippen LogP contribution in [0.15, 0.2) is 85.3 Å². The van der Waals surface area contributed by atoms with Gasteiger partial charge in [-0.15, -0.1) is 22.0 Å². The van der Waals surface area contributed by atoms with E-state index in [-0.39, 0.29) is 17.0 Å². The van der Waals surface area contributed by atoms with E-state index in [4.69, 9.17) is 0 Å². The van der Waals surface area contributed by atoms with Gasteiger partial charge >= 0.3 is 0 Å². The number of nitrogens with one attached hydrogen (secondary N) is 1. The molecule has 0 saturated carbocycles. The third-order valence-electron chi connectivity index (χ3n) is 6.85. The van der Waals surface area contributed by atoms with E-state index in [0.717, 1.165) is 39.2 Å². The number of ketones is 1. The Morgan fingerprint density at radius 3 is 2.71 bits per heavy atom. The molecule has 4 aromatic heterocycles. The first-order valence-corrected chi connectivity index (χ1v) is 13.1. The number of fused-ring (bicyclic) bond motifs is 2. The topological polar surface area (TPSA) is 94.3 Å². The Morgan fingerprint density at radius 1 is 1.05 bits per heavy atom. The molecule has 0 fully saturated rings. The van der Waals surface area contributed by atoms with Crippen molar-refractivity contribution in [1.82, 2.24) is 34.7 Å². The Labute approximate surface area is 220 Å². The van der Waals surface area contributed by atoms with Crippen molar-refractivity contribution in [2.24, 2.45) is 0 Å². The summed E-state index contributed by atoms with van der Waals surface area (Å²) < 4.78 is 17.6. The summed E-state index contributed by atoms with van der Waals surface area (Å²) in [4.78, 5) is 18.5. The SMILES string of the molecule is O=C(c1ccn2c1CSC2c1ccccn1)c1cn(Cc2nn[nH]n2)c2cc(-c3ccc(F)cc3)ccc12. The lowest BCUT2D eigenvalue weighted by Crippen LogP contribution is -2.06. The maximum absolute atomic E-state index is 14.0. The van der Waals surface area contributed by atoms with Crippen molar-refractivity contribution in [2.45, 2.75) is 17.7 Å². The van der Waals surface area contributed by atoms with Gasteiger partial charge in [-0.2, -0.15) is 5.21 Å². The van der Waals surface area contributed by atoms with Crippen LogP contribution in [-0.4, -0.2) is 40.5 Å². The van der Waals surface area contributed by atoms with E-state index in [0.29, 0.717) is 23.5 Å². The van der Waals surface area contributed by atoms with E-state index in [1.54, 1.807) is 30.1 Å².